The van der Waals surface area contributed by atoms with Gasteiger partial charge in [0.15, 0.2) is 6.10 Å². The molecule has 24 heavy (non-hydrogen) atoms. The van der Waals surface area contributed by atoms with Crippen molar-refractivity contribution in [1.82, 2.24) is 0 Å². The molecule has 1 amide bonds. The van der Waals surface area contributed by atoms with E-state index in [1.165, 1.54) is 5.56 Å². The highest BCUT2D eigenvalue weighted by atomic mass is 16.5. The molecular formula is C21H27NO2. The fourth-order valence-electron chi connectivity index (χ4n) is 2.39. The van der Waals surface area contributed by atoms with Gasteiger partial charge in [0.2, 0.25) is 0 Å². The van der Waals surface area contributed by atoms with Gasteiger partial charge in [0.1, 0.15) is 5.75 Å². The largest absolute Gasteiger partial charge is 0.481 e. The first kappa shape index (κ1) is 18.1. The third-order valence-corrected chi connectivity index (χ3v) is 4.25. The summed E-state index contributed by atoms with van der Waals surface area (Å²) in [7, 11) is 0. The molecule has 2 aromatic carbocycles. The van der Waals surface area contributed by atoms with Crippen LogP contribution < -0.4 is 10.1 Å². The van der Waals surface area contributed by atoms with E-state index >= 15 is 0 Å². The minimum atomic E-state index is -0.562. The van der Waals surface area contributed by atoms with Crippen molar-refractivity contribution in [3.63, 3.8) is 0 Å². The van der Waals surface area contributed by atoms with Crippen molar-refractivity contribution in [1.29, 1.82) is 0 Å². The number of amides is 1. The molecule has 1 atom stereocenters. The second-order valence-electron chi connectivity index (χ2n) is 7.27. The van der Waals surface area contributed by atoms with Crippen LogP contribution >= 0.6 is 0 Å². The molecule has 0 radical (unpaired) electrons. The van der Waals surface area contributed by atoms with E-state index < -0.39 is 6.10 Å². The third-order valence-electron chi connectivity index (χ3n) is 4.25. The molecule has 3 heteroatoms. The molecule has 3 nitrogen and oxygen atoms in total. The van der Waals surface area contributed by atoms with Crippen molar-refractivity contribution in [3.8, 4) is 5.75 Å². The maximum atomic E-state index is 12.4. The Morgan fingerprint density at radius 2 is 1.67 bits per heavy atom. The highest BCUT2D eigenvalue weighted by molar-refractivity contribution is 5.94. The van der Waals surface area contributed by atoms with Crippen molar-refractivity contribution in [2.75, 3.05) is 5.32 Å². The van der Waals surface area contributed by atoms with Crippen LogP contribution in [0.2, 0.25) is 0 Å². The number of hydrogen-bond donors (Lipinski definition) is 1. The summed E-state index contributed by atoms with van der Waals surface area (Å²) in [6.07, 6.45) is -0.562. The monoisotopic (exact) mass is 325 g/mol. The first-order valence-corrected chi connectivity index (χ1v) is 8.33. The molecular weight excluding hydrogens is 298 g/mol. The first-order chi connectivity index (χ1) is 11.2. The van der Waals surface area contributed by atoms with Gasteiger partial charge in [0, 0.05) is 5.69 Å². The number of rotatable bonds is 4. The van der Waals surface area contributed by atoms with Gasteiger partial charge in [-0.05, 0) is 61.1 Å². The van der Waals surface area contributed by atoms with E-state index in [1.807, 2.05) is 56.3 Å². The molecule has 0 saturated heterocycles. The predicted octanol–water partition coefficient (Wildman–Crippen LogP) is 5.01. The summed E-state index contributed by atoms with van der Waals surface area (Å²) in [5, 5.41) is 2.91. The Kier molecular flexibility index (Phi) is 5.33. The summed E-state index contributed by atoms with van der Waals surface area (Å²) in [6.45, 7) is 12.3. The molecule has 0 aromatic heterocycles. The van der Waals surface area contributed by atoms with Gasteiger partial charge in [0.05, 0.1) is 0 Å². The van der Waals surface area contributed by atoms with Gasteiger partial charge in [-0.1, -0.05) is 45.0 Å². The zero-order valence-electron chi connectivity index (χ0n) is 15.4. The number of benzene rings is 2. The van der Waals surface area contributed by atoms with E-state index in [0.717, 1.165) is 22.6 Å². The molecule has 2 aromatic rings. The van der Waals surface area contributed by atoms with Crippen LogP contribution in [0.25, 0.3) is 0 Å². The standard InChI is InChI=1S/C21H27NO2/c1-14-8-7-9-19(15(14)2)24-16(3)20(23)22-18-12-10-17(11-13-18)21(4,5)6/h7-13,16H,1-6H3,(H,22,23). The zero-order valence-corrected chi connectivity index (χ0v) is 15.4. The van der Waals surface area contributed by atoms with Crippen molar-refractivity contribution < 1.29 is 9.53 Å². The highest BCUT2D eigenvalue weighted by Gasteiger charge is 2.17. The van der Waals surface area contributed by atoms with Gasteiger partial charge in [-0.3, -0.25) is 4.79 Å². The Morgan fingerprint density at radius 1 is 1.04 bits per heavy atom. The number of nitrogens with one attached hydrogen (secondary N) is 1. The van der Waals surface area contributed by atoms with Crippen molar-refractivity contribution in [3.05, 3.63) is 59.2 Å². The van der Waals surface area contributed by atoms with E-state index in [2.05, 4.69) is 26.1 Å². The van der Waals surface area contributed by atoms with Crippen LogP contribution in [0.15, 0.2) is 42.5 Å². The van der Waals surface area contributed by atoms with E-state index in [-0.39, 0.29) is 11.3 Å². The van der Waals surface area contributed by atoms with Crippen molar-refractivity contribution >= 4 is 11.6 Å². The van der Waals surface area contributed by atoms with Gasteiger partial charge in [-0.25, -0.2) is 0 Å². The first-order valence-electron chi connectivity index (χ1n) is 8.33. The average molecular weight is 325 g/mol. The Bertz CT molecular complexity index is 712. The molecule has 0 saturated carbocycles. The van der Waals surface area contributed by atoms with Crippen LogP contribution in [0, 0.1) is 13.8 Å². The molecule has 0 spiro atoms. The SMILES string of the molecule is Cc1cccc(OC(C)C(=O)Nc2ccc(C(C)(C)C)cc2)c1C. The zero-order chi connectivity index (χ0) is 17.9. The lowest BCUT2D eigenvalue weighted by molar-refractivity contribution is -0.122. The second-order valence-corrected chi connectivity index (χ2v) is 7.27. The third kappa shape index (κ3) is 4.38. The van der Waals surface area contributed by atoms with Gasteiger partial charge in [0.25, 0.3) is 5.91 Å². The fraction of sp³-hybridized carbons (Fsp3) is 0.381. The van der Waals surface area contributed by atoms with Crippen LogP contribution in [0.3, 0.4) is 0 Å². The van der Waals surface area contributed by atoms with Crippen LogP contribution in [0.1, 0.15) is 44.4 Å². The Balaban J connectivity index is 2.02. The van der Waals surface area contributed by atoms with E-state index in [4.69, 9.17) is 4.74 Å². The fourth-order valence-corrected chi connectivity index (χ4v) is 2.39. The number of ether oxygens (including phenoxy) is 1. The number of carbonyl (C=O) groups is 1. The number of aryl methyl sites for hydroxylation is 1. The summed E-state index contributed by atoms with van der Waals surface area (Å²) in [6, 6.07) is 13.8. The van der Waals surface area contributed by atoms with Crippen LogP contribution in [0.5, 0.6) is 5.75 Å². The molecule has 0 fully saturated rings. The number of hydrogen-bond acceptors (Lipinski definition) is 2. The van der Waals surface area contributed by atoms with Gasteiger partial charge < -0.3 is 10.1 Å². The smallest absolute Gasteiger partial charge is 0.265 e. The van der Waals surface area contributed by atoms with Crippen LogP contribution in [-0.2, 0) is 10.2 Å². The molecule has 0 aliphatic heterocycles. The van der Waals surface area contributed by atoms with E-state index in [9.17, 15) is 4.79 Å². The summed E-state index contributed by atoms with van der Waals surface area (Å²) in [5.41, 5.74) is 4.33. The van der Waals surface area contributed by atoms with Crippen molar-refractivity contribution in [2.45, 2.75) is 53.1 Å². The highest BCUT2D eigenvalue weighted by Crippen LogP contribution is 2.24. The lowest BCUT2D eigenvalue weighted by atomic mass is 9.87. The molecule has 1 N–H and O–H groups in total. The molecule has 2 rings (SSSR count). The quantitative estimate of drug-likeness (QED) is 0.858. The molecule has 0 aliphatic rings. The lowest BCUT2D eigenvalue weighted by Gasteiger charge is -2.20. The average Bonchev–Trinajstić information content (AvgIpc) is 2.51. The van der Waals surface area contributed by atoms with Gasteiger partial charge in [-0.15, -0.1) is 0 Å². The summed E-state index contributed by atoms with van der Waals surface area (Å²) >= 11 is 0. The molecule has 0 bridgehead atoms. The predicted molar refractivity (Wildman–Crippen MR) is 99.8 cm³/mol. The van der Waals surface area contributed by atoms with Crippen LogP contribution in [-0.4, -0.2) is 12.0 Å². The van der Waals surface area contributed by atoms with E-state index in [0.29, 0.717) is 0 Å². The normalized spacial score (nSPS) is 12.6. The summed E-state index contributed by atoms with van der Waals surface area (Å²) < 4.78 is 5.83. The molecule has 1 unspecified atom stereocenters. The van der Waals surface area contributed by atoms with Crippen LogP contribution in [0.4, 0.5) is 5.69 Å². The Hall–Kier alpha value is -2.29. The minimum absolute atomic E-state index is 0.0988. The van der Waals surface area contributed by atoms with Crippen molar-refractivity contribution in [2.24, 2.45) is 0 Å². The topological polar surface area (TPSA) is 38.3 Å². The van der Waals surface area contributed by atoms with Gasteiger partial charge >= 0.3 is 0 Å². The lowest BCUT2D eigenvalue weighted by Crippen LogP contribution is -2.30. The Morgan fingerprint density at radius 3 is 2.25 bits per heavy atom. The number of carbonyl (C=O) groups excluding carboxylic acids is 1. The molecule has 0 heterocycles. The minimum Gasteiger partial charge on any atom is -0.481 e. The molecule has 0 aliphatic carbocycles. The number of anilines is 1. The van der Waals surface area contributed by atoms with E-state index in [1.54, 1.807) is 6.92 Å². The summed E-state index contributed by atoms with van der Waals surface area (Å²) in [4.78, 5) is 12.4. The molecule has 128 valence electrons. The second kappa shape index (κ2) is 7.08. The Labute approximate surface area is 145 Å². The summed E-state index contributed by atoms with van der Waals surface area (Å²) in [5.74, 6) is 0.597. The maximum Gasteiger partial charge on any atom is 0.265 e. The maximum absolute atomic E-state index is 12.4. The van der Waals surface area contributed by atoms with Gasteiger partial charge in [-0.2, -0.15) is 0 Å².